The maximum atomic E-state index is 5.91. The van der Waals surface area contributed by atoms with Gasteiger partial charge in [0.25, 0.3) is 0 Å². The van der Waals surface area contributed by atoms with Crippen molar-refractivity contribution in [2.45, 2.75) is 0 Å². The van der Waals surface area contributed by atoms with Gasteiger partial charge in [-0.05, 0) is 12.1 Å². The number of aromatic nitrogens is 1. The van der Waals surface area contributed by atoms with E-state index in [-0.39, 0.29) is 0 Å². The fourth-order valence-corrected chi connectivity index (χ4v) is 1.57. The zero-order valence-corrected chi connectivity index (χ0v) is 11.3. The van der Waals surface area contributed by atoms with Gasteiger partial charge in [0.2, 0.25) is 11.8 Å². The second kappa shape index (κ2) is 5.48. The number of hydrogen-bond donors (Lipinski definition) is 1. The van der Waals surface area contributed by atoms with E-state index in [2.05, 4.69) is 4.98 Å². The van der Waals surface area contributed by atoms with E-state index in [9.17, 15) is 0 Å². The molecular formula is C14H17N3O2. The Morgan fingerprint density at radius 2 is 1.84 bits per heavy atom. The topological polar surface area (TPSA) is 60.6 Å². The monoisotopic (exact) mass is 259 g/mol. The number of hydrogen-bond acceptors (Lipinski definition) is 5. The van der Waals surface area contributed by atoms with Crippen LogP contribution in [0.5, 0.6) is 17.5 Å². The molecule has 0 atom stereocenters. The van der Waals surface area contributed by atoms with Crippen molar-refractivity contribution >= 4 is 11.4 Å². The summed E-state index contributed by atoms with van der Waals surface area (Å²) in [5, 5.41) is 0. The fourth-order valence-electron chi connectivity index (χ4n) is 1.57. The van der Waals surface area contributed by atoms with Crippen LogP contribution in [0.4, 0.5) is 11.4 Å². The van der Waals surface area contributed by atoms with Gasteiger partial charge in [-0.25, -0.2) is 0 Å². The van der Waals surface area contributed by atoms with Crippen LogP contribution in [0.3, 0.4) is 0 Å². The Kier molecular flexibility index (Phi) is 3.75. The predicted octanol–water partition coefficient (Wildman–Crippen LogP) is 2.53. The number of pyridine rings is 1. The third kappa shape index (κ3) is 3.07. The zero-order valence-electron chi connectivity index (χ0n) is 11.3. The summed E-state index contributed by atoms with van der Waals surface area (Å²) in [7, 11) is 5.48. The Morgan fingerprint density at radius 1 is 1.11 bits per heavy atom. The summed E-state index contributed by atoms with van der Waals surface area (Å²) in [6.45, 7) is 0. The van der Waals surface area contributed by atoms with Gasteiger partial charge in [-0.15, -0.1) is 0 Å². The molecule has 0 radical (unpaired) electrons. The molecular weight excluding hydrogens is 242 g/mol. The van der Waals surface area contributed by atoms with Crippen LogP contribution in [0.15, 0.2) is 36.4 Å². The van der Waals surface area contributed by atoms with Crippen LogP contribution in [-0.4, -0.2) is 26.2 Å². The summed E-state index contributed by atoms with van der Waals surface area (Å²) in [5.74, 6) is 1.52. The van der Waals surface area contributed by atoms with Crippen LogP contribution in [0.1, 0.15) is 0 Å². The minimum atomic E-state index is 0.446. The number of ether oxygens (including phenoxy) is 2. The number of benzene rings is 1. The van der Waals surface area contributed by atoms with Crippen molar-refractivity contribution < 1.29 is 9.47 Å². The molecule has 0 aliphatic rings. The van der Waals surface area contributed by atoms with Gasteiger partial charge in [-0.2, -0.15) is 4.98 Å². The summed E-state index contributed by atoms with van der Waals surface area (Å²) >= 11 is 0. The first-order valence-corrected chi connectivity index (χ1v) is 5.86. The van der Waals surface area contributed by atoms with Crippen molar-refractivity contribution in [1.29, 1.82) is 0 Å². The SMILES string of the molecule is COc1cccc(Oc2cc(N(C)C)ccc2N)n1. The van der Waals surface area contributed by atoms with Crippen LogP contribution < -0.4 is 20.1 Å². The Morgan fingerprint density at radius 3 is 2.53 bits per heavy atom. The zero-order chi connectivity index (χ0) is 13.8. The lowest BCUT2D eigenvalue weighted by Crippen LogP contribution is -2.08. The number of anilines is 2. The standard InChI is InChI=1S/C14H17N3O2/c1-17(2)10-7-8-11(15)12(9-10)19-14-6-4-5-13(16-14)18-3/h4-9H,15H2,1-3H3. The van der Waals surface area contributed by atoms with Crippen molar-refractivity contribution in [1.82, 2.24) is 4.98 Å². The molecule has 2 aromatic rings. The van der Waals surface area contributed by atoms with E-state index >= 15 is 0 Å². The van der Waals surface area contributed by atoms with Crippen molar-refractivity contribution in [3.63, 3.8) is 0 Å². The molecule has 1 aromatic heterocycles. The maximum Gasteiger partial charge on any atom is 0.222 e. The van der Waals surface area contributed by atoms with Crippen LogP contribution >= 0.6 is 0 Å². The first-order valence-electron chi connectivity index (χ1n) is 5.86. The molecule has 0 unspecified atom stereocenters. The third-order valence-electron chi connectivity index (χ3n) is 2.64. The molecule has 100 valence electrons. The van der Waals surface area contributed by atoms with E-state index < -0.39 is 0 Å². The van der Waals surface area contributed by atoms with E-state index in [1.807, 2.05) is 43.3 Å². The molecule has 19 heavy (non-hydrogen) atoms. The third-order valence-corrected chi connectivity index (χ3v) is 2.64. The van der Waals surface area contributed by atoms with Crippen LogP contribution in [0.2, 0.25) is 0 Å². The first kappa shape index (κ1) is 13.0. The molecule has 0 fully saturated rings. The summed E-state index contributed by atoms with van der Waals surface area (Å²) in [6.07, 6.45) is 0. The molecule has 1 aromatic carbocycles. The highest BCUT2D eigenvalue weighted by atomic mass is 16.5. The van der Waals surface area contributed by atoms with Crippen molar-refractivity contribution in [3.05, 3.63) is 36.4 Å². The van der Waals surface area contributed by atoms with Gasteiger partial charge in [0.15, 0.2) is 5.75 Å². The quantitative estimate of drug-likeness (QED) is 0.855. The van der Waals surface area contributed by atoms with Crippen molar-refractivity contribution in [2.24, 2.45) is 0 Å². The van der Waals surface area contributed by atoms with Crippen molar-refractivity contribution in [3.8, 4) is 17.5 Å². The van der Waals surface area contributed by atoms with Crippen molar-refractivity contribution in [2.75, 3.05) is 31.8 Å². The molecule has 2 rings (SSSR count). The largest absolute Gasteiger partial charge is 0.481 e. The Hall–Kier alpha value is -2.43. The lowest BCUT2D eigenvalue weighted by atomic mass is 10.2. The molecule has 0 saturated heterocycles. The van der Waals surface area contributed by atoms with Crippen LogP contribution in [-0.2, 0) is 0 Å². The lowest BCUT2D eigenvalue weighted by molar-refractivity contribution is 0.383. The summed E-state index contributed by atoms with van der Waals surface area (Å²) in [4.78, 5) is 6.17. The molecule has 5 heteroatoms. The Labute approximate surface area is 112 Å². The fraction of sp³-hybridized carbons (Fsp3) is 0.214. The highest BCUT2D eigenvalue weighted by Gasteiger charge is 2.06. The van der Waals surface area contributed by atoms with Gasteiger partial charge in [-0.3, -0.25) is 0 Å². The van der Waals surface area contributed by atoms with Gasteiger partial charge in [0.1, 0.15) is 0 Å². The van der Waals surface area contributed by atoms with Gasteiger partial charge in [0.05, 0.1) is 12.8 Å². The predicted molar refractivity (Wildman–Crippen MR) is 76.0 cm³/mol. The number of methoxy groups -OCH3 is 1. The first-order chi connectivity index (χ1) is 9.10. The molecule has 5 nitrogen and oxygen atoms in total. The molecule has 0 bridgehead atoms. The molecule has 0 aliphatic carbocycles. The van der Waals surface area contributed by atoms with Gasteiger partial charge in [0, 0.05) is 38.0 Å². The van der Waals surface area contributed by atoms with Gasteiger partial charge < -0.3 is 20.1 Å². The average molecular weight is 259 g/mol. The van der Waals surface area contributed by atoms with Gasteiger partial charge >= 0.3 is 0 Å². The Bertz CT molecular complexity index is 570. The average Bonchev–Trinajstić information content (AvgIpc) is 2.41. The lowest BCUT2D eigenvalue weighted by Gasteiger charge is -2.15. The van der Waals surface area contributed by atoms with E-state index in [1.165, 1.54) is 0 Å². The Balaban J connectivity index is 2.29. The molecule has 1 heterocycles. The number of rotatable bonds is 4. The van der Waals surface area contributed by atoms with E-state index in [4.69, 9.17) is 15.2 Å². The minimum Gasteiger partial charge on any atom is -0.481 e. The van der Waals surface area contributed by atoms with E-state index in [0.717, 1.165) is 5.69 Å². The second-order valence-electron chi connectivity index (χ2n) is 4.24. The minimum absolute atomic E-state index is 0.446. The number of nitrogen functional groups attached to an aromatic ring is 1. The van der Waals surface area contributed by atoms with Gasteiger partial charge in [-0.1, -0.05) is 6.07 Å². The molecule has 2 N–H and O–H groups in total. The number of nitrogens with two attached hydrogens (primary N) is 1. The summed E-state index contributed by atoms with van der Waals surface area (Å²) in [5.41, 5.74) is 7.48. The highest BCUT2D eigenvalue weighted by Crippen LogP contribution is 2.30. The summed E-state index contributed by atoms with van der Waals surface area (Å²) < 4.78 is 10.8. The van der Waals surface area contributed by atoms with Crippen LogP contribution in [0.25, 0.3) is 0 Å². The molecule has 0 aliphatic heterocycles. The smallest absolute Gasteiger partial charge is 0.222 e. The highest BCUT2D eigenvalue weighted by molar-refractivity contribution is 5.62. The molecule has 0 spiro atoms. The van der Waals surface area contributed by atoms with E-state index in [1.54, 1.807) is 19.2 Å². The summed E-state index contributed by atoms with van der Waals surface area (Å²) in [6, 6.07) is 10.9. The second-order valence-corrected chi connectivity index (χ2v) is 4.24. The molecule has 0 amide bonds. The van der Waals surface area contributed by atoms with E-state index in [0.29, 0.717) is 23.2 Å². The normalized spacial score (nSPS) is 10.1. The number of nitrogens with zero attached hydrogens (tertiary/aromatic N) is 2. The molecule has 0 saturated carbocycles. The maximum absolute atomic E-state index is 5.91. The van der Waals surface area contributed by atoms with Crippen LogP contribution in [0, 0.1) is 0 Å².